The highest BCUT2D eigenvalue weighted by Crippen LogP contribution is 2.35. The van der Waals surface area contributed by atoms with Gasteiger partial charge in [0.1, 0.15) is 19.7 Å². The van der Waals surface area contributed by atoms with Crippen molar-refractivity contribution >= 4 is 35.7 Å². The number of fused-ring (bicyclic) bond motifs is 1. The van der Waals surface area contributed by atoms with Crippen LogP contribution in [-0.2, 0) is 22.4 Å². The maximum Gasteiger partial charge on any atom is 0.326 e. The lowest BCUT2D eigenvalue weighted by Gasteiger charge is -2.37. The molecule has 0 bridgehead atoms. The van der Waals surface area contributed by atoms with Gasteiger partial charge in [-0.15, -0.1) is 0 Å². The van der Waals surface area contributed by atoms with Gasteiger partial charge in [-0.05, 0) is 30.0 Å². The summed E-state index contributed by atoms with van der Waals surface area (Å²) in [6.07, 6.45) is 6.03. The number of benzene rings is 1. The molecule has 4 nitrogen and oxygen atoms in total. The summed E-state index contributed by atoms with van der Waals surface area (Å²) in [5, 5.41) is 12.9. The monoisotopic (exact) mass is 386 g/mol. The molecule has 0 aromatic heterocycles. The third-order valence-electron chi connectivity index (χ3n) is 4.23. The molecule has 0 heterocycles. The zero-order valence-corrected chi connectivity index (χ0v) is 15.4. The van der Waals surface area contributed by atoms with Gasteiger partial charge in [0.05, 0.1) is 20.1 Å². The van der Waals surface area contributed by atoms with Crippen LogP contribution in [0.25, 0.3) is 0 Å². The lowest BCUT2D eigenvalue weighted by atomic mass is 9.78. The van der Waals surface area contributed by atoms with Gasteiger partial charge < -0.3 is 9.84 Å². The first-order valence-electron chi connectivity index (χ1n) is 7.20. The van der Waals surface area contributed by atoms with Crippen LogP contribution in [0.2, 0.25) is 0 Å². The minimum absolute atomic E-state index is 0.0320. The van der Waals surface area contributed by atoms with Crippen molar-refractivity contribution in [2.75, 3.05) is 20.4 Å². The number of carbonyl (C=O) groups excluding carboxylic acids is 1. The van der Waals surface area contributed by atoms with Gasteiger partial charge in [-0.1, -0.05) is 28.1 Å². The maximum atomic E-state index is 12.5. The van der Waals surface area contributed by atoms with E-state index in [1.807, 2.05) is 24.9 Å². The summed E-state index contributed by atoms with van der Waals surface area (Å²) in [7, 11) is 0.760. The molecule has 0 saturated heterocycles. The van der Waals surface area contributed by atoms with Crippen molar-refractivity contribution in [2.24, 2.45) is 0 Å². The first kappa shape index (κ1) is 17.6. The molecule has 1 aliphatic rings. The fourth-order valence-corrected chi connectivity index (χ4v) is 4.32. The summed E-state index contributed by atoms with van der Waals surface area (Å²) in [4.78, 5) is 12.5. The predicted octanol–water partition coefficient (Wildman–Crippen LogP) is 2.30. The number of ether oxygens (including phenoxy) is 1. The summed E-state index contributed by atoms with van der Waals surface area (Å²) < 4.78 is 6.14. The van der Waals surface area contributed by atoms with Crippen LogP contribution in [0.3, 0.4) is 0 Å². The highest BCUT2D eigenvalue weighted by molar-refractivity contribution is 9.10. The Kier molecular flexibility index (Phi) is 5.78. The van der Waals surface area contributed by atoms with Crippen LogP contribution in [0.1, 0.15) is 17.5 Å². The Labute approximate surface area is 140 Å². The van der Waals surface area contributed by atoms with E-state index in [2.05, 4.69) is 27.5 Å². The summed E-state index contributed by atoms with van der Waals surface area (Å²) in [5.41, 5.74) is 1.60. The topological polar surface area (TPSA) is 58.6 Å². The molecule has 0 aliphatic heterocycles. The van der Waals surface area contributed by atoms with Crippen LogP contribution in [0.4, 0.5) is 0 Å². The summed E-state index contributed by atoms with van der Waals surface area (Å²) in [6, 6.07) is 6.05. The van der Waals surface area contributed by atoms with E-state index in [-0.39, 0.29) is 18.4 Å². The molecular formula is C16H22BrNO3P+. The van der Waals surface area contributed by atoms with Crippen molar-refractivity contribution in [1.29, 1.82) is 0 Å². The largest absolute Gasteiger partial charge is 0.468 e. The number of methoxy groups -OCH3 is 1. The molecule has 3 atom stereocenters. The molecule has 0 saturated carbocycles. The molecule has 2 N–H and O–H groups in total. The Bertz CT molecular complexity index is 593. The minimum atomic E-state index is -0.787. The summed E-state index contributed by atoms with van der Waals surface area (Å²) in [6.45, 7) is 1.96. The standard InChI is InChI=1S/C16H22BrNO3P/c1-21-15(20)16(18-14(10-19)22(2)3)8-7-12-11(9-16)5-4-6-13(12)17/h4-6,14,18-19H,2,7-10H2,1,3H3/q+1. The average molecular weight is 387 g/mol. The van der Waals surface area contributed by atoms with Crippen molar-refractivity contribution in [3.63, 3.8) is 0 Å². The lowest BCUT2D eigenvalue weighted by molar-refractivity contribution is -0.149. The van der Waals surface area contributed by atoms with E-state index in [4.69, 9.17) is 4.74 Å². The Hall–Kier alpha value is -0.740. The maximum absolute atomic E-state index is 12.5. The second kappa shape index (κ2) is 7.22. The number of rotatable bonds is 5. The van der Waals surface area contributed by atoms with Gasteiger partial charge in [-0.3, -0.25) is 10.1 Å². The van der Waals surface area contributed by atoms with Gasteiger partial charge in [0.15, 0.2) is 5.78 Å². The normalized spacial score (nSPS) is 22.6. The number of nitrogens with one attached hydrogen (secondary N) is 1. The van der Waals surface area contributed by atoms with E-state index in [1.165, 1.54) is 12.7 Å². The second-order valence-electron chi connectivity index (χ2n) is 5.73. The Morgan fingerprint density at radius 3 is 2.95 bits per heavy atom. The molecule has 1 aromatic rings. The number of aliphatic hydroxyl groups is 1. The van der Waals surface area contributed by atoms with Crippen molar-refractivity contribution in [3.05, 3.63) is 33.8 Å². The van der Waals surface area contributed by atoms with Gasteiger partial charge >= 0.3 is 5.97 Å². The van der Waals surface area contributed by atoms with E-state index in [1.54, 1.807) is 0 Å². The third kappa shape index (κ3) is 3.43. The molecule has 3 unspecified atom stereocenters. The van der Waals surface area contributed by atoms with Crippen LogP contribution < -0.4 is 5.32 Å². The first-order chi connectivity index (χ1) is 10.4. The quantitative estimate of drug-likeness (QED) is 0.602. The molecule has 1 aromatic carbocycles. The predicted molar refractivity (Wildman–Crippen MR) is 94.9 cm³/mol. The Balaban J connectivity index is 2.36. The fraction of sp³-hybridized carbons (Fsp3) is 0.500. The molecule has 2 rings (SSSR count). The van der Waals surface area contributed by atoms with E-state index < -0.39 is 13.1 Å². The molecule has 22 heavy (non-hydrogen) atoms. The highest BCUT2D eigenvalue weighted by atomic mass is 79.9. The SMILES string of the molecule is C=[P+](C)C(CO)NC1(C(=O)OC)CCc2c(Br)cccc2C1. The third-order valence-corrected chi connectivity index (χ3v) is 6.33. The Morgan fingerprint density at radius 2 is 2.36 bits per heavy atom. The number of esters is 1. The number of halogens is 1. The average Bonchev–Trinajstić information content (AvgIpc) is 2.51. The van der Waals surface area contributed by atoms with Crippen molar-refractivity contribution in [3.8, 4) is 0 Å². The molecule has 120 valence electrons. The lowest BCUT2D eigenvalue weighted by Crippen LogP contribution is -2.59. The number of carbonyl (C=O) groups is 1. The van der Waals surface area contributed by atoms with Gasteiger partial charge in [0.25, 0.3) is 0 Å². The first-order valence-corrected chi connectivity index (χ1v) is 10.0. The van der Waals surface area contributed by atoms with Crippen LogP contribution in [0.5, 0.6) is 0 Å². The fourth-order valence-electron chi connectivity index (χ4n) is 2.97. The molecule has 0 spiro atoms. The van der Waals surface area contributed by atoms with Crippen LogP contribution in [0.15, 0.2) is 22.7 Å². The summed E-state index contributed by atoms with van der Waals surface area (Å²) >= 11 is 3.58. The Morgan fingerprint density at radius 1 is 1.64 bits per heavy atom. The zero-order chi connectivity index (χ0) is 16.3. The number of hydrogen-bond acceptors (Lipinski definition) is 4. The van der Waals surface area contributed by atoms with E-state index in [0.717, 1.165) is 16.5 Å². The molecule has 1 aliphatic carbocycles. The molecular weight excluding hydrogens is 365 g/mol. The second-order valence-corrected chi connectivity index (χ2v) is 8.72. The van der Waals surface area contributed by atoms with Gasteiger partial charge in [-0.2, -0.15) is 0 Å². The van der Waals surface area contributed by atoms with Crippen molar-refractivity contribution in [1.82, 2.24) is 5.32 Å². The molecule has 0 radical (unpaired) electrons. The smallest absolute Gasteiger partial charge is 0.326 e. The van der Waals surface area contributed by atoms with Crippen LogP contribution in [-0.4, -0.2) is 49.1 Å². The number of aliphatic hydroxyl groups excluding tert-OH is 1. The summed E-state index contributed by atoms with van der Waals surface area (Å²) in [5.74, 6) is -0.448. The molecule has 0 fully saturated rings. The van der Waals surface area contributed by atoms with Gasteiger partial charge in [0.2, 0.25) is 0 Å². The van der Waals surface area contributed by atoms with E-state index >= 15 is 0 Å². The van der Waals surface area contributed by atoms with E-state index in [9.17, 15) is 9.90 Å². The minimum Gasteiger partial charge on any atom is -0.468 e. The van der Waals surface area contributed by atoms with Crippen molar-refractivity contribution < 1.29 is 14.6 Å². The zero-order valence-electron chi connectivity index (χ0n) is 12.9. The van der Waals surface area contributed by atoms with E-state index in [0.29, 0.717) is 12.8 Å². The number of hydrogen-bond donors (Lipinski definition) is 2. The molecule has 0 amide bonds. The van der Waals surface area contributed by atoms with Gasteiger partial charge in [-0.25, -0.2) is 0 Å². The van der Waals surface area contributed by atoms with Gasteiger partial charge in [0, 0.05) is 10.9 Å². The van der Waals surface area contributed by atoms with Crippen LogP contribution >= 0.6 is 23.5 Å². The highest BCUT2D eigenvalue weighted by Gasteiger charge is 2.45. The molecule has 6 heteroatoms. The van der Waals surface area contributed by atoms with Crippen molar-refractivity contribution in [2.45, 2.75) is 30.6 Å². The van der Waals surface area contributed by atoms with Crippen LogP contribution in [0, 0.1) is 0 Å².